The number of halogens is 1. The van der Waals surface area contributed by atoms with Gasteiger partial charge in [0.2, 0.25) is 5.43 Å². The maximum Gasteiger partial charge on any atom is 0.278 e. The molecule has 8 nitrogen and oxygen atoms in total. The minimum Gasteiger partial charge on any atom is -0.502 e. The van der Waals surface area contributed by atoms with Crippen LogP contribution in [0.2, 0.25) is 0 Å². The molecule has 162 valence electrons. The van der Waals surface area contributed by atoms with Crippen LogP contribution in [0, 0.1) is 12.7 Å². The summed E-state index contributed by atoms with van der Waals surface area (Å²) in [5.74, 6) is -2.51. The molecule has 2 amide bonds. The molecule has 2 atom stereocenters. The van der Waals surface area contributed by atoms with Crippen molar-refractivity contribution in [2.45, 2.75) is 39.4 Å². The van der Waals surface area contributed by atoms with Crippen molar-refractivity contribution in [1.29, 1.82) is 0 Å². The second-order valence-electron chi connectivity index (χ2n) is 7.91. The highest BCUT2D eigenvalue weighted by molar-refractivity contribution is 5.99. The first-order valence-electron chi connectivity index (χ1n) is 9.97. The summed E-state index contributed by atoms with van der Waals surface area (Å²) in [6, 6.07) is 4.26. The van der Waals surface area contributed by atoms with Gasteiger partial charge >= 0.3 is 0 Å². The van der Waals surface area contributed by atoms with Gasteiger partial charge in [-0.1, -0.05) is 24.3 Å². The summed E-state index contributed by atoms with van der Waals surface area (Å²) in [6.45, 7) is 5.62. The van der Waals surface area contributed by atoms with Gasteiger partial charge in [0.25, 0.3) is 11.8 Å². The Bertz CT molecular complexity index is 1170. The third kappa shape index (κ3) is 3.45. The number of hydrogen-bond acceptors (Lipinski definition) is 5. The molecule has 1 aromatic heterocycles. The molecule has 0 aliphatic carbocycles. The Morgan fingerprint density at radius 1 is 1.23 bits per heavy atom. The summed E-state index contributed by atoms with van der Waals surface area (Å²) >= 11 is 0. The van der Waals surface area contributed by atoms with Crippen LogP contribution in [0.3, 0.4) is 0 Å². The molecule has 0 spiro atoms. The molecule has 3 heterocycles. The van der Waals surface area contributed by atoms with Gasteiger partial charge in [0.15, 0.2) is 11.4 Å². The molecule has 0 fully saturated rings. The molecule has 4 rings (SSSR count). The Morgan fingerprint density at radius 2 is 1.94 bits per heavy atom. The molecule has 0 radical (unpaired) electrons. The van der Waals surface area contributed by atoms with Crippen molar-refractivity contribution in [3.05, 3.63) is 75.0 Å². The van der Waals surface area contributed by atoms with E-state index in [0.29, 0.717) is 0 Å². The number of carbonyl (C=O) groups excluding carboxylic acids is 2. The lowest BCUT2D eigenvalue weighted by molar-refractivity contribution is 0.0652. The fraction of sp³-hybridized carbons (Fsp3) is 0.318. The van der Waals surface area contributed by atoms with Crippen LogP contribution in [0.4, 0.5) is 4.39 Å². The van der Waals surface area contributed by atoms with E-state index in [9.17, 15) is 23.9 Å². The van der Waals surface area contributed by atoms with Crippen LogP contribution in [0.1, 0.15) is 45.8 Å². The molecular weight excluding hydrogens is 403 g/mol. The molecule has 1 aromatic carbocycles. The highest BCUT2D eigenvalue weighted by atomic mass is 19.1. The largest absolute Gasteiger partial charge is 0.502 e. The molecule has 0 saturated heterocycles. The zero-order valence-electron chi connectivity index (χ0n) is 17.4. The number of aryl methyl sites for hydroxylation is 1. The SMILES string of the molecule is Cc1ccc(CNC(=O)c2cn3c(c(O)c2=O)C(=O)N2CN3[C@H](C)C=C[C@@H]2C)c(F)c1. The summed E-state index contributed by atoms with van der Waals surface area (Å²) < 4.78 is 15.4. The average molecular weight is 426 g/mol. The first kappa shape index (κ1) is 20.6. The van der Waals surface area contributed by atoms with Crippen molar-refractivity contribution in [1.82, 2.24) is 14.9 Å². The zero-order valence-corrected chi connectivity index (χ0v) is 17.4. The van der Waals surface area contributed by atoms with Gasteiger partial charge in [0.05, 0.1) is 6.04 Å². The first-order valence-corrected chi connectivity index (χ1v) is 9.97. The molecule has 2 aliphatic rings. The second kappa shape index (κ2) is 7.57. The number of rotatable bonds is 3. The number of carbonyl (C=O) groups is 2. The standard InChI is InChI=1S/C22H23FN4O4/c1-12-4-7-15(17(23)8-12)9-24-21(30)16-10-26-18(20(29)19(16)28)22(31)25-11-27(26)14(3)6-5-13(25)2/h4-8,10,13-14,29H,9,11H2,1-3H3,(H,24,30)/t13-,14+/m0/s1. The lowest BCUT2D eigenvalue weighted by Crippen LogP contribution is -2.57. The van der Waals surface area contributed by atoms with E-state index >= 15 is 0 Å². The molecule has 2 aliphatic heterocycles. The Labute approximate surface area is 178 Å². The van der Waals surface area contributed by atoms with Crippen LogP contribution in [-0.2, 0) is 6.54 Å². The summed E-state index contributed by atoms with van der Waals surface area (Å²) in [7, 11) is 0. The Balaban J connectivity index is 1.70. The average Bonchev–Trinajstić information content (AvgIpc) is 2.85. The zero-order chi connectivity index (χ0) is 22.4. The van der Waals surface area contributed by atoms with E-state index < -0.39 is 28.8 Å². The summed E-state index contributed by atoms with van der Waals surface area (Å²) in [5.41, 5.74) is -0.439. The molecule has 9 heteroatoms. The van der Waals surface area contributed by atoms with Gasteiger partial charge < -0.3 is 15.3 Å². The van der Waals surface area contributed by atoms with Gasteiger partial charge in [-0.3, -0.25) is 24.1 Å². The molecule has 0 unspecified atom stereocenters. The third-order valence-corrected chi connectivity index (χ3v) is 5.72. The van der Waals surface area contributed by atoms with Gasteiger partial charge in [0, 0.05) is 24.3 Å². The van der Waals surface area contributed by atoms with Gasteiger partial charge in [-0.25, -0.2) is 4.39 Å². The number of fused-ring (bicyclic) bond motifs is 4. The highest BCUT2D eigenvalue weighted by Gasteiger charge is 2.38. The van der Waals surface area contributed by atoms with E-state index in [1.807, 2.05) is 26.0 Å². The monoisotopic (exact) mass is 426 g/mol. The van der Waals surface area contributed by atoms with Crippen molar-refractivity contribution in [2.75, 3.05) is 11.7 Å². The number of nitrogens with one attached hydrogen (secondary N) is 1. The van der Waals surface area contributed by atoms with E-state index in [4.69, 9.17) is 0 Å². The fourth-order valence-corrected chi connectivity index (χ4v) is 3.81. The van der Waals surface area contributed by atoms with Gasteiger partial charge in [-0.2, -0.15) is 0 Å². The number of aromatic nitrogens is 1. The van der Waals surface area contributed by atoms with Crippen LogP contribution in [0.15, 0.2) is 41.3 Å². The number of aromatic hydroxyl groups is 1. The van der Waals surface area contributed by atoms with Gasteiger partial charge in [-0.15, -0.1) is 0 Å². The fourth-order valence-electron chi connectivity index (χ4n) is 3.81. The Kier molecular flexibility index (Phi) is 5.04. The minimum absolute atomic E-state index is 0.125. The van der Waals surface area contributed by atoms with Crippen LogP contribution < -0.4 is 15.8 Å². The van der Waals surface area contributed by atoms with Crippen molar-refractivity contribution in [3.8, 4) is 5.75 Å². The van der Waals surface area contributed by atoms with Crippen molar-refractivity contribution < 1.29 is 19.1 Å². The van der Waals surface area contributed by atoms with Gasteiger partial charge in [0.1, 0.15) is 18.0 Å². The minimum atomic E-state index is -0.948. The maximum atomic E-state index is 14.1. The summed E-state index contributed by atoms with van der Waals surface area (Å²) in [4.78, 5) is 39.9. The predicted octanol–water partition coefficient (Wildman–Crippen LogP) is 1.63. The Morgan fingerprint density at radius 3 is 2.65 bits per heavy atom. The predicted molar refractivity (Wildman–Crippen MR) is 112 cm³/mol. The van der Waals surface area contributed by atoms with Crippen LogP contribution in [0.5, 0.6) is 5.75 Å². The molecule has 31 heavy (non-hydrogen) atoms. The summed E-state index contributed by atoms with van der Waals surface area (Å²) in [6.07, 6.45) is 5.06. The molecule has 0 saturated carbocycles. The topological polar surface area (TPSA) is 94.9 Å². The van der Waals surface area contributed by atoms with Crippen molar-refractivity contribution >= 4 is 11.8 Å². The van der Waals surface area contributed by atoms with Crippen molar-refractivity contribution in [2.24, 2.45) is 0 Å². The molecule has 2 N–H and O–H groups in total. The molecule has 2 bridgehead atoms. The first-order chi connectivity index (χ1) is 14.7. The second-order valence-corrected chi connectivity index (χ2v) is 7.91. The van der Waals surface area contributed by atoms with E-state index in [1.165, 1.54) is 21.8 Å². The number of nitrogens with zero attached hydrogens (tertiary/aromatic N) is 3. The number of amides is 2. The molecular formula is C22H23FN4O4. The maximum absolute atomic E-state index is 14.1. The quantitative estimate of drug-likeness (QED) is 0.728. The normalized spacial score (nSPS) is 19.8. The van der Waals surface area contributed by atoms with Gasteiger partial charge in [-0.05, 0) is 32.4 Å². The van der Waals surface area contributed by atoms with E-state index in [-0.39, 0.29) is 42.1 Å². The van der Waals surface area contributed by atoms with Crippen molar-refractivity contribution in [3.63, 3.8) is 0 Å². The van der Waals surface area contributed by atoms with Crippen LogP contribution in [0.25, 0.3) is 0 Å². The summed E-state index contributed by atoms with van der Waals surface area (Å²) in [5, 5.41) is 14.8. The number of benzene rings is 1. The smallest absolute Gasteiger partial charge is 0.278 e. The Hall–Kier alpha value is -3.62. The van der Waals surface area contributed by atoms with E-state index in [0.717, 1.165) is 5.56 Å². The van der Waals surface area contributed by atoms with Crippen LogP contribution >= 0.6 is 0 Å². The molecule has 2 aromatic rings. The number of pyridine rings is 1. The number of hydrogen-bond donors (Lipinski definition) is 2. The van der Waals surface area contributed by atoms with E-state index in [1.54, 1.807) is 24.1 Å². The van der Waals surface area contributed by atoms with E-state index in [2.05, 4.69) is 5.32 Å². The lowest BCUT2D eigenvalue weighted by Gasteiger charge is -2.41. The van der Waals surface area contributed by atoms with Crippen LogP contribution in [-0.4, -0.2) is 45.2 Å². The lowest BCUT2D eigenvalue weighted by atomic mass is 10.1. The highest BCUT2D eigenvalue weighted by Crippen LogP contribution is 2.26. The third-order valence-electron chi connectivity index (χ3n) is 5.72.